The second-order valence-electron chi connectivity index (χ2n) is 5.74. The van der Waals surface area contributed by atoms with Gasteiger partial charge in [-0.1, -0.05) is 18.2 Å². The van der Waals surface area contributed by atoms with Gasteiger partial charge >= 0.3 is 5.97 Å². The van der Waals surface area contributed by atoms with Gasteiger partial charge in [0.2, 0.25) is 0 Å². The van der Waals surface area contributed by atoms with Crippen molar-refractivity contribution in [2.24, 2.45) is 0 Å². The highest BCUT2D eigenvalue weighted by Gasteiger charge is 2.39. The molecular weight excluding hydrogens is 266 g/mol. The number of hydrogen-bond donors (Lipinski definition) is 1. The highest BCUT2D eigenvalue weighted by atomic mass is 16.5. The molecule has 4 nitrogen and oxygen atoms in total. The quantitative estimate of drug-likeness (QED) is 0.561. The van der Waals surface area contributed by atoms with Gasteiger partial charge < -0.3 is 9.47 Å². The topological polar surface area (TPSA) is 47.6 Å². The third kappa shape index (κ3) is 5.05. The van der Waals surface area contributed by atoms with Crippen LogP contribution in [0.1, 0.15) is 39.5 Å². The van der Waals surface area contributed by atoms with Crippen molar-refractivity contribution in [3.05, 3.63) is 30.3 Å². The van der Waals surface area contributed by atoms with Crippen molar-refractivity contribution in [3.8, 4) is 5.75 Å². The van der Waals surface area contributed by atoms with E-state index in [0.717, 1.165) is 31.4 Å². The Hall–Kier alpha value is -1.55. The molecule has 4 heteroatoms. The number of esters is 1. The lowest BCUT2D eigenvalue weighted by Crippen LogP contribution is -2.51. The number of benzene rings is 1. The zero-order valence-electron chi connectivity index (χ0n) is 12.9. The minimum absolute atomic E-state index is 0.156. The number of rotatable bonds is 9. The van der Waals surface area contributed by atoms with E-state index < -0.39 is 5.54 Å². The van der Waals surface area contributed by atoms with E-state index in [-0.39, 0.29) is 5.97 Å². The van der Waals surface area contributed by atoms with E-state index in [1.54, 1.807) is 0 Å². The summed E-state index contributed by atoms with van der Waals surface area (Å²) >= 11 is 0. The summed E-state index contributed by atoms with van der Waals surface area (Å²) in [6.07, 6.45) is 3.82. The Morgan fingerprint density at radius 1 is 1.33 bits per heavy atom. The van der Waals surface area contributed by atoms with Crippen LogP contribution in [0.25, 0.3) is 0 Å². The molecule has 1 N–H and O–H groups in total. The van der Waals surface area contributed by atoms with Gasteiger partial charge in [-0.15, -0.1) is 0 Å². The average molecular weight is 291 g/mol. The molecule has 0 aliphatic heterocycles. The van der Waals surface area contributed by atoms with Gasteiger partial charge in [-0.25, -0.2) is 0 Å². The van der Waals surface area contributed by atoms with Crippen LogP contribution in [0.3, 0.4) is 0 Å². The van der Waals surface area contributed by atoms with Crippen molar-refractivity contribution in [2.45, 2.75) is 51.1 Å². The first-order valence-corrected chi connectivity index (χ1v) is 7.77. The Balaban J connectivity index is 1.79. The molecule has 21 heavy (non-hydrogen) atoms. The average Bonchev–Trinajstić information content (AvgIpc) is 3.29. The minimum atomic E-state index is -0.600. The molecule has 0 amide bonds. The normalized spacial score (nSPS) is 17.0. The largest absolute Gasteiger partial charge is 0.494 e. The molecule has 0 spiro atoms. The lowest BCUT2D eigenvalue weighted by atomic mass is 9.95. The Bertz CT molecular complexity index is 445. The Morgan fingerprint density at radius 3 is 2.67 bits per heavy atom. The highest BCUT2D eigenvalue weighted by molar-refractivity contribution is 5.80. The van der Waals surface area contributed by atoms with E-state index >= 15 is 0 Å². The van der Waals surface area contributed by atoms with E-state index in [1.807, 2.05) is 44.2 Å². The van der Waals surface area contributed by atoms with Crippen molar-refractivity contribution in [1.29, 1.82) is 0 Å². The molecule has 1 aliphatic carbocycles. The van der Waals surface area contributed by atoms with E-state index in [4.69, 9.17) is 9.47 Å². The summed E-state index contributed by atoms with van der Waals surface area (Å²) in [6.45, 7) is 4.80. The third-order valence-electron chi connectivity index (χ3n) is 3.66. The molecule has 0 radical (unpaired) electrons. The molecule has 0 bridgehead atoms. The summed E-state index contributed by atoms with van der Waals surface area (Å²) in [5.41, 5.74) is -0.600. The van der Waals surface area contributed by atoms with Crippen LogP contribution < -0.4 is 10.1 Å². The van der Waals surface area contributed by atoms with E-state index in [9.17, 15) is 4.79 Å². The Kier molecular flexibility index (Phi) is 5.62. The van der Waals surface area contributed by atoms with Crippen molar-refractivity contribution in [1.82, 2.24) is 5.32 Å². The highest BCUT2D eigenvalue weighted by Crippen LogP contribution is 2.26. The molecule has 2 rings (SSSR count). The van der Waals surface area contributed by atoms with Crippen LogP contribution in [-0.4, -0.2) is 30.8 Å². The van der Waals surface area contributed by atoms with Crippen LogP contribution in [0.2, 0.25) is 0 Å². The summed E-state index contributed by atoms with van der Waals surface area (Å²) in [5, 5.41) is 3.42. The van der Waals surface area contributed by atoms with Gasteiger partial charge in [0.05, 0.1) is 13.2 Å². The fourth-order valence-electron chi connectivity index (χ4n) is 2.33. The summed E-state index contributed by atoms with van der Waals surface area (Å²) < 4.78 is 10.9. The van der Waals surface area contributed by atoms with Crippen LogP contribution in [0, 0.1) is 0 Å². The molecule has 1 atom stereocenters. The number of carbonyl (C=O) groups is 1. The van der Waals surface area contributed by atoms with Crippen molar-refractivity contribution >= 4 is 5.97 Å². The zero-order valence-corrected chi connectivity index (χ0v) is 12.9. The molecule has 0 heterocycles. The molecule has 116 valence electrons. The molecule has 1 aromatic carbocycles. The zero-order chi connectivity index (χ0) is 15.1. The third-order valence-corrected chi connectivity index (χ3v) is 3.66. The number of para-hydroxylation sites is 1. The fourth-order valence-corrected chi connectivity index (χ4v) is 2.33. The van der Waals surface area contributed by atoms with E-state index in [1.165, 1.54) is 0 Å². The van der Waals surface area contributed by atoms with Gasteiger partial charge in [0.15, 0.2) is 0 Å². The second-order valence-corrected chi connectivity index (χ2v) is 5.74. The Morgan fingerprint density at radius 2 is 2.05 bits per heavy atom. The molecule has 1 aromatic rings. The number of ether oxygens (including phenoxy) is 2. The number of carbonyl (C=O) groups excluding carboxylic acids is 1. The van der Waals surface area contributed by atoms with Crippen LogP contribution in [0.15, 0.2) is 30.3 Å². The first-order chi connectivity index (χ1) is 10.1. The van der Waals surface area contributed by atoms with Gasteiger partial charge in [-0.3, -0.25) is 10.1 Å². The van der Waals surface area contributed by atoms with Gasteiger partial charge in [-0.05, 0) is 51.7 Å². The fraction of sp³-hybridized carbons (Fsp3) is 0.588. The molecular formula is C17H25NO3. The second kappa shape index (κ2) is 7.46. The first-order valence-electron chi connectivity index (χ1n) is 7.77. The standard InChI is InChI=1S/C17H25NO3/c1-3-20-16(19)17(2,18-14-10-11-14)12-7-13-21-15-8-5-4-6-9-15/h4-6,8-9,14,18H,3,7,10-13H2,1-2H3. The summed E-state index contributed by atoms with van der Waals surface area (Å²) in [4.78, 5) is 12.2. The predicted octanol–water partition coefficient (Wildman–Crippen LogP) is 2.92. The maximum atomic E-state index is 12.2. The molecule has 0 saturated heterocycles. The Labute approximate surface area is 126 Å². The molecule has 0 aromatic heterocycles. The first kappa shape index (κ1) is 15.8. The minimum Gasteiger partial charge on any atom is -0.494 e. The van der Waals surface area contributed by atoms with Crippen molar-refractivity contribution in [2.75, 3.05) is 13.2 Å². The van der Waals surface area contributed by atoms with Crippen LogP contribution in [-0.2, 0) is 9.53 Å². The molecule has 1 fully saturated rings. The van der Waals surface area contributed by atoms with Crippen molar-refractivity contribution in [3.63, 3.8) is 0 Å². The lowest BCUT2D eigenvalue weighted by molar-refractivity contribution is -0.151. The maximum Gasteiger partial charge on any atom is 0.326 e. The summed E-state index contributed by atoms with van der Waals surface area (Å²) in [6, 6.07) is 10.2. The monoisotopic (exact) mass is 291 g/mol. The van der Waals surface area contributed by atoms with E-state index in [2.05, 4.69) is 5.32 Å². The lowest BCUT2D eigenvalue weighted by Gasteiger charge is -2.28. The molecule has 1 unspecified atom stereocenters. The summed E-state index contributed by atoms with van der Waals surface area (Å²) in [7, 11) is 0. The number of nitrogens with one attached hydrogen (secondary N) is 1. The van der Waals surface area contributed by atoms with Gasteiger partial charge in [0.25, 0.3) is 0 Å². The summed E-state index contributed by atoms with van der Waals surface area (Å²) in [5.74, 6) is 0.710. The molecule has 1 saturated carbocycles. The van der Waals surface area contributed by atoms with Crippen LogP contribution >= 0.6 is 0 Å². The maximum absolute atomic E-state index is 12.2. The molecule has 1 aliphatic rings. The number of hydrogen-bond acceptors (Lipinski definition) is 4. The van der Waals surface area contributed by atoms with Gasteiger partial charge in [-0.2, -0.15) is 0 Å². The SMILES string of the molecule is CCOC(=O)C(C)(CCCOc1ccccc1)NC1CC1. The van der Waals surface area contributed by atoms with Gasteiger partial charge in [0, 0.05) is 6.04 Å². The van der Waals surface area contributed by atoms with Crippen molar-refractivity contribution < 1.29 is 14.3 Å². The predicted molar refractivity (Wildman–Crippen MR) is 82.4 cm³/mol. The van der Waals surface area contributed by atoms with Crippen LogP contribution in [0.5, 0.6) is 5.75 Å². The smallest absolute Gasteiger partial charge is 0.326 e. The van der Waals surface area contributed by atoms with Gasteiger partial charge in [0.1, 0.15) is 11.3 Å². The van der Waals surface area contributed by atoms with Crippen LogP contribution in [0.4, 0.5) is 0 Å². The van der Waals surface area contributed by atoms with E-state index in [0.29, 0.717) is 19.3 Å².